The maximum absolute atomic E-state index is 12.2. The number of benzene rings is 1. The summed E-state index contributed by atoms with van der Waals surface area (Å²) >= 11 is 0. The van der Waals surface area contributed by atoms with Gasteiger partial charge in [0.2, 0.25) is 0 Å². The summed E-state index contributed by atoms with van der Waals surface area (Å²) < 4.78 is 40.7. The Morgan fingerprint density at radius 3 is 2.50 bits per heavy atom. The second kappa shape index (κ2) is 6.26. The van der Waals surface area contributed by atoms with Crippen molar-refractivity contribution < 1.29 is 17.9 Å². The van der Waals surface area contributed by atoms with E-state index in [1.807, 2.05) is 0 Å². The quantitative estimate of drug-likeness (QED) is 0.873. The van der Waals surface area contributed by atoms with Gasteiger partial charge in [0.15, 0.2) is 0 Å². The first-order valence-corrected chi connectivity index (χ1v) is 5.35. The van der Waals surface area contributed by atoms with Crippen molar-refractivity contribution in [2.75, 3.05) is 19.6 Å². The second-order valence-electron chi connectivity index (χ2n) is 3.80. The van der Waals surface area contributed by atoms with Crippen LogP contribution in [-0.2, 0) is 0 Å². The number of hydrogen-bond acceptors (Lipinski definition) is 3. The fourth-order valence-electron chi connectivity index (χ4n) is 1.86. The maximum Gasteiger partial charge on any atom is 0.573 e. The summed E-state index contributed by atoms with van der Waals surface area (Å²) in [5.74, 6) is -0.138. The van der Waals surface area contributed by atoms with Crippen LogP contribution in [0.2, 0.25) is 0 Å². The number of rotatable bonds is 2. The van der Waals surface area contributed by atoms with Crippen LogP contribution in [0.4, 0.5) is 13.2 Å². The standard InChI is InChI=1S/C11H13F3N2O.ClH/c12-11(13,14)17-10-4-2-1-3-8(10)9-7-15-5-6-16-9;/h1-4,9,15-16H,5-7H2;1H/t9-;/m1./s1. The number of halogens is 4. The zero-order valence-corrected chi connectivity index (χ0v) is 10.3. The summed E-state index contributed by atoms with van der Waals surface area (Å²) in [6, 6.07) is 6.06. The van der Waals surface area contributed by atoms with E-state index in [0.29, 0.717) is 12.1 Å². The van der Waals surface area contributed by atoms with Gasteiger partial charge in [0.05, 0.1) is 0 Å². The first-order chi connectivity index (χ1) is 8.06. The lowest BCUT2D eigenvalue weighted by atomic mass is 10.0. The molecule has 0 aromatic heterocycles. The Morgan fingerprint density at radius 1 is 1.17 bits per heavy atom. The molecule has 102 valence electrons. The molecule has 1 aromatic carbocycles. The maximum atomic E-state index is 12.2. The van der Waals surface area contributed by atoms with E-state index >= 15 is 0 Å². The lowest BCUT2D eigenvalue weighted by Gasteiger charge is -2.26. The normalized spacial score (nSPS) is 20.1. The van der Waals surface area contributed by atoms with Crippen molar-refractivity contribution in [3.8, 4) is 5.75 Å². The van der Waals surface area contributed by atoms with Gasteiger partial charge in [-0.05, 0) is 6.07 Å². The highest BCUT2D eigenvalue weighted by Crippen LogP contribution is 2.30. The number of ether oxygens (including phenoxy) is 1. The van der Waals surface area contributed by atoms with Crippen LogP contribution in [0.5, 0.6) is 5.75 Å². The van der Waals surface area contributed by atoms with Crippen LogP contribution >= 0.6 is 12.4 Å². The number of alkyl halides is 3. The summed E-state index contributed by atoms with van der Waals surface area (Å²) in [5, 5.41) is 6.28. The number of para-hydroxylation sites is 1. The van der Waals surface area contributed by atoms with Gasteiger partial charge in [-0.25, -0.2) is 0 Å². The molecule has 1 aliphatic heterocycles. The molecule has 0 bridgehead atoms. The highest BCUT2D eigenvalue weighted by atomic mass is 35.5. The number of nitrogens with one attached hydrogen (secondary N) is 2. The highest BCUT2D eigenvalue weighted by molar-refractivity contribution is 5.85. The third-order valence-corrected chi connectivity index (χ3v) is 2.56. The molecule has 2 N–H and O–H groups in total. The predicted molar refractivity (Wildman–Crippen MR) is 64.0 cm³/mol. The third-order valence-electron chi connectivity index (χ3n) is 2.56. The summed E-state index contributed by atoms with van der Waals surface area (Å²) in [5.41, 5.74) is 0.525. The highest BCUT2D eigenvalue weighted by Gasteiger charge is 2.33. The van der Waals surface area contributed by atoms with Crippen LogP contribution in [0.15, 0.2) is 24.3 Å². The molecular formula is C11H14ClF3N2O. The minimum Gasteiger partial charge on any atom is -0.405 e. The minimum atomic E-state index is -4.65. The number of hydrogen-bond donors (Lipinski definition) is 2. The smallest absolute Gasteiger partial charge is 0.405 e. The molecule has 1 fully saturated rings. The molecule has 18 heavy (non-hydrogen) atoms. The van der Waals surface area contributed by atoms with Gasteiger partial charge >= 0.3 is 6.36 Å². The third kappa shape index (κ3) is 4.04. The average molecular weight is 283 g/mol. The van der Waals surface area contributed by atoms with Gasteiger partial charge in [0.25, 0.3) is 0 Å². The summed E-state index contributed by atoms with van der Waals surface area (Å²) in [6.45, 7) is 2.14. The van der Waals surface area contributed by atoms with Crippen molar-refractivity contribution in [3.05, 3.63) is 29.8 Å². The molecule has 0 aliphatic carbocycles. The zero-order valence-electron chi connectivity index (χ0n) is 9.46. The van der Waals surface area contributed by atoms with Crippen LogP contribution in [0.1, 0.15) is 11.6 Å². The van der Waals surface area contributed by atoms with Gasteiger partial charge in [0, 0.05) is 31.2 Å². The molecule has 1 aromatic rings. The van der Waals surface area contributed by atoms with Crippen molar-refractivity contribution in [3.63, 3.8) is 0 Å². The molecule has 1 saturated heterocycles. The molecule has 7 heteroatoms. The van der Waals surface area contributed by atoms with E-state index in [1.54, 1.807) is 12.1 Å². The lowest BCUT2D eigenvalue weighted by Crippen LogP contribution is -2.42. The lowest BCUT2D eigenvalue weighted by molar-refractivity contribution is -0.275. The van der Waals surface area contributed by atoms with Crippen molar-refractivity contribution in [1.82, 2.24) is 10.6 Å². The van der Waals surface area contributed by atoms with Gasteiger partial charge in [-0.1, -0.05) is 18.2 Å². The Bertz CT molecular complexity index is 381. The zero-order chi connectivity index (χ0) is 12.3. The molecule has 0 saturated carbocycles. The molecule has 1 atom stereocenters. The fourth-order valence-corrected chi connectivity index (χ4v) is 1.86. The molecule has 1 heterocycles. The molecule has 0 amide bonds. The SMILES string of the molecule is Cl.FC(F)(F)Oc1ccccc1[C@H]1CNCCN1. The Morgan fingerprint density at radius 2 is 1.89 bits per heavy atom. The Balaban J connectivity index is 0.00000162. The van der Waals surface area contributed by atoms with E-state index in [9.17, 15) is 13.2 Å². The summed E-state index contributed by atoms with van der Waals surface area (Å²) in [6.07, 6.45) is -4.65. The van der Waals surface area contributed by atoms with Gasteiger partial charge in [0.1, 0.15) is 5.75 Å². The van der Waals surface area contributed by atoms with E-state index in [-0.39, 0.29) is 24.2 Å². The molecule has 3 nitrogen and oxygen atoms in total. The first kappa shape index (κ1) is 15.1. The van der Waals surface area contributed by atoms with Crippen molar-refractivity contribution in [2.45, 2.75) is 12.4 Å². The Labute approximate surface area is 109 Å². The largest absolute Gasteiger partial charge is 0.573 e. The molecule has 0 unspecified atom stereocenters. The molecular weight excluding hydrogens is 269 g/mol. The van der Waals surface area contributed by atoms with E-state index in [2.05, 4.69) is 15.4 Å². The monoisotopic (exact) mass is 282 g/mol. The molecule has 0 spiro atoms. The summed E-state index contributed by atoms with van der Waals surface area (Å²) in [7, 11) is 0. The first-order valence-electron chi connectivity index (χ1n) is 5.35. The second-order valence-corrected chi connectivity index (χ2v) is 3.80. The molecule has 1 aliphatic rings. The van der Waals surface area contributed by atoms with Gasteiger partial charge in [-0.3, -0.25) is 0 Å². The topological polar surface area (TPSA) is 33.3 Å². The summed E-state index contributed by atoms with van der Waals surface area (Å²) in [4.78, 5) is 0. The van der Waals surface area contributed by atoms with Crippen molar-refractivity contribution in [2.24, 2.45) is 0 Å². The van der Waals surface area contributed by atoms with E-state index in [4.69, 9.17) is 0 Å². The van der Waals surface area contributed by atoms with Crippen LogP contribution in [0, 0.1) is 0 Å². The van der Waals surface area contributed by atoms with Crippen LogP contribution in [0.3, 0.4) is 0 Å². The van der Waals surface area contributed by atoms with Crippen molar-refractivity contribution in [1.29, 1.82) is 0 Å². The van der Waals surface area contributed by atoms with E-state index < -0.39 is 6.36 Å². The Kier molecular flexibility index (Phi) is 5.25. The van der Waals surface area contributed by atoms with Gasteiger partial charge in [-0.2, -0.15) is 0 Å². The van der Waals surface area contributed by atoms with Gasteiger partial charge < -0.3 is 15.4 Å². The predicted octanol–water partition coefficient (Wildman–Crippen LogP) is 2.24. The molecule has 0 radical (unpaired) electrons. The van der Waals surface area contributed by atoms with Crippen LogP contribution in [0.25, 0.3) is 0 Å². The van der Waals surface area contributed by atoms with E-state index in [1.165, 1.54) is 12.1 Å². The van der Waals surface area contributed by atoms with E-state index in [0.717, 1.165) is 13.1 Å². The van der Waals surface area contributed by atoms with Crippen LogP contribution < -0.4 is 15.4 Å². The Hall–Kier alpha value is -0.980. The van der Waals surface area contributed by atoms with Gasteiger partial charge in [-0.15, -0.1) is 25.6 Å². The average Bonchev–Trinajstić information content (AvgIpc) is 2.29. The van der Waals surface area contributed by atoms with Crippen molar-refractivity contribution >= 4 is 12.4 Å². The number of piperazine rings is 1. The fraction of sp³-hybridized carbons (Fsp3) is 0.455. The molecule has 2 rings (SSSR count). The van der Waals surface area contributed by atoms with Crippen LogP contribution in [-0.4, -0.2) is 26.0 Å². The minimum absolute atomic E-state index is 0.